The van der Waals surface area contributed by atoms with E-state index in [-0.39, 0.29) is 5.92 Å². The Balaban J connectivity index is 2.14. The molecule has 0 radical (unpaired) electrons. The van der Waals surface area contributed by atoms with E-state index in [1.165, 1.54) is 12.8 Å². The van der Waals surface area contributed by atoms with E-state index < -0.39 is 0 Å². The molecule has 1 aliphatic heterocycles. The Morgan fingerprint density at radius 2 is 1.90 bits per heavy atom. The average Bonchev–Trinajstić information content (AvgIpc) is 2.40. The summed E-state index contributed by atoms with van der Waals surface area (Å²) in [4.78, 5) is 2.56. The van der Waals surface area contributed by atoms with E-state index in [4.69, 9.17) is 4.74 Å². The minimum absolute atomic E-state index is 0.196. The maximum Gasteiger partial charge on any atom is 0.0674 e. The molecule has 0 bridgehead atoms. The van der Waals surface area contributed by atoms with E-state index >= 15 is 0 Å². The van der Waals surface area contributed by atoms with Crippen LogP contribution in [0.5, 0.6) is 0 Å². The molecular weight excluding hydrogens is 248 g/mol. The van der Waals surface area contributed by atoms with Gasteiger partial charge in [0.15, 0.2) is 0 Å². The molecule has 2 fully saturated rings. The summed E-state index contributed by atoms with van der Waals surface area (Å²) in [6.45, 7) is 13.2. The molecule has 1 heterocycles. The van der Waals surface area contributed by atoms with E-state index in [0.717, 1.165) is 25.5 Å². The van der Waals surface area contributed by atoms with Crippen molar-refractivity contribution in [2.75, 3.05) is 13.2 Å². The second-order valence-electron chi connectivity index (χ2n) is 7.87. The zero-order valence-electron chi connectivity index (χ0n) is 13.7. The molecule has 5 atom stereocenters. The molecule has 1 saturated carbocycles. The van der Waals surface area contributed by atoms with Crippen LogP contribution in [0.15, 0.2) is 0 Å². The highest BCUT2D eigenvalue weighted by molar-refractivity contribution is 5.01. The largest absolute Gasteiger partial charge is 0.376 e. The quantitative estimate of drug-likeness (QED) is 0.737. The Morgan fingerprint density at radius 3 is 2.50 bits per heavy atom. The topological polar surface area (TPSA) is 36.3 Å². The third-order valence-electron chi connectivity index (χ3n) is 5.29. The van der Waals surface area contributed by atoms with Crippen LogP contribution in [-0.2, 0) is 4.74 Å². The average molecular weight is 278 g/mol. The van der Waals surface area contributed by atoms with Gasteiger partial charge in [0, 0.05) is 18.6 Å². The molecule has 2 aliphatic rings. The van der Waals surface area contributed by atoms with Crippen LogP contribution < -0.4 is 0 Å². The monoisotopic (exact) mass is 278 g/mol. The molecule has 0 N–H and O–H groups in total. The molecule has 0 spiro atoms. The van der Waals surface area contributed by atoms with Crippen LogP contribution in [0, 0.1) is 28.6 Å². The predicted molar refractivity (Wildman–Crippen MR) is 81.3 cm³/mol. The van der Waals surface area contributed by atoms with E-state index in [1.807, 2.05) is 0 Å². The molecule has 20 heavy (non-hydrogen) atoms. The Morgan fingerprint density at radius 1 is 1.20 bits per heavy atom. The van der Waals surface area contributed by atoms with Crippen molar-refractivity contribution in [1.29, 1.82) is 5.26 Å². The highest BCUT2D eigenvalue weighted by Gasteiger charge is 2.41. The Hall–Kier alpha value is -0.590. The van der Waals surface area contributed by atoms with Gasteiger partial charge in [0.25, 0.3) is 0 Å². The summed E-state index contributed by atoms with van der Waals surface area (Å²) < 4.78 is 5.75. The molecule has 3 heteroatoms. The maximum absolute atomic E-state index is 9.53. The third-order valence-corrected chi connectivity index (χ3v) is 5.29. The number of hydrogen-bond acceptors (Lipinski definition) is 3. The first-order valence-electron chi connectivity index (χ1n) is 8.10. The van der Waals surface area contributed by atoms with Gasteiger partial charge in [-0.3, -0.25) is 4.90 Å². The van der Waals surface area contributed by atoms with Crippen molar-refractivity contribution in [3.05, 3.63) is 0 Å². The molecule has 3 nitrogen and oxygen atoms in total. The van der Waals surface area contributed by atoms with Crippen molar-refractivity contribution < 1.29 is 4.74 Å². The van der Waals surface area contributed by atoms with Crippen molar-refractivity contribution in [2.45, 2.75) is 72.1 Å². The lowest BCUT2D eigenvalue weighted by molar-refractivity contribution is -0.0843. The van der Waals surface area contributed by atoms with Crippen molar-refractivity contribution in [1.82, 2.24) is 4.90 Å². The summed E-state index contributed by atoms with van der Waals surface area (Å²) >= 11 is 0. The summed E-state index contributed by atoms with van der Waals surface area (Å²) in [6.07, 6.45) is 3.72. The SMILES string of the molecule is CC1CN(C2CC(C(C)(C)C)CCC2C#N)C(C)CO1. The Labute approximate surface area is 124 Å². The fourth-order valence-corrected chi connectivity index (χ4v) is 3.84. The second-order valence-corrected chi connectivity index (χ2v) is 7.87. The highest BCUT2D eigenvalue weighted by Crippen LogP contribution is 2.42. The first-order chi connectivity index (χ1) is 9.32. The number of rotatable bonds is 1. The molecule has 5 unspecified atom stereocenters. The number of hydrogen-bond donors (Lipinski definition) is 0. The lowest BCUT2D eigenvalue weighted by atomic mass is 9.67. The molecular formula is C17H30N2O. The van der Waals surface area contributed by atoms with Gasteiger partial charge in [0.05, 0.1) is 24.7 Å². The summed E-state index contributed by atoms with van der Waals surface area (Å²) in [5, 5.41) is 9.53. The number of nitrogens with zero attached hydrogens (tertiary/aromatic N) is 2. The smallest absolute Gasteiger partial charge is 0.0674 e. The van der Waals surface area contributed by atoms with Gasteiger partial charge < -0.3 is 4.74 Å². The zero-order valence-corrected chi connectivity index (χ0v) is 13.7. The molecule has 114 valence electrons. The summed E-state index contributed by atoms with van der Waals surface area (Å²) in [5.74, 6) is 0.920. The van der Waals surface area contributed by atoms with Crippen LogP contribution in [0.25, 0.3) is 0 Å². The zero-order chi connectivity index (χ0) is 14.9. The molecule has 0 aromatic rings. The third kappa shape index (κ3) is 3.35. The van der Waals surface area contributed by atoms with E-state index in [2.05, 4.69) is 45.6 Å². The molecule has 0 aromatic carbocycles. The minimum Gasteiger partial charge on any atom is -0.376 e. The predicted octanol–water partition coefficient (Wildman–Crippen LogP) is 3.45. The first-order valence-corrected chi connectivity index (χ1v) is 8.10. The minimum atomic E-state index is 0.196. The van der Waals surface area contributed by atoms with Crippen LogP contribution in [0.3, 0.4) is 0 Å². The van der Waals surface area contributed by atoms with Crippen molar-refractivity contribution >= 4 is 0 Å². The van der Waals surface area contributed by atoms with Crippen LogP contribution >= 0.6 is 0 Å². The standard InChI is InChI=1S/C17H30N2O/c1-12-11-20-13(2)10-19(12)16-8-15(17(3,4)5)7-6-14(16)9-18/h12-16H,6-8,10-11H2,1-5H3. The van der Waals surface area contributed by atoms with Gasteiger partial charge in [0.1, 0.15) is 0 Å². The Kier molecular flexibility index (Phi) is 4.76. The van der Waals surface area contributed by atoms with Crippen LogP contribution in [0.4, 0.5) is 0 Å². The van der Waals surface area contributed by atoms with Gasteiger partial charge in [-0.05, 0) is 44.4 Å². The molecule has 0 aromatic heterocycles. The van der Waals surface area contributed by atoms with Gasteiger partial charge in [0.2, 0.25) is 0 Å². The molecule has 2 rings (SSSR count). The number of nitriles is 1. The fraction of sp³-hybridized carbons (Fsp3) is 0.941. The van der Waals surface area contributed by atoms with Gasteiger partial charge in [-0.1, -0.05) is 20.8 Å². The van der Waals surface area contributed by atoms with Crippen LogP contribution in [0.2, 0.25) is 0 Å². The lowest BCUT2D eigenvalue weighted by Gasteiger charge is -2.48. The van der Waals surface area contributed by atoms with Crippen LogP contribution in [0.1, 0.15) is 53.9 Å². The summed E-state index contributed by atoms with van der Waals surface area (Å²) in [6, 6.07) is 3.43. The van der Waals surface area contributed by atoms with Gasteiger partial charge >= 0.3 is 0 Å². The normalized spacial score (nSPS) is 40.3. The van der Waals surface area contributed by atoms with E-state index in [9.17, 15) is 5.26 Å². The highest BCUT2D eigenvalue weighted by atomic mass is 16.5. The molecule has 1 aliphatic carbocycles. The van der Waals surface area contributed by atoms with Crippen molar-refractivity contribution in [2.24, 2.45) is 17.3 Å². The maximum atomic E-state index is 9.53. The lowest BCUT2D eigenvalue weighted by Crippen LogP contribution is -2.56. The second kappa shape index (κ2) is 6.03. The van der Waals surface area contributed by atoms with E-state index in [0.29, 0.717) is 23.6 Å². The van der Waals surface area contributed by atoms with Crippen molar-refractivity contribution in [3.63, 3.8) is 0 Å². The van der Waals surface area contributed by atoms with Gasteiger partial charge in [-0.2, -0.15) is 5.26 Å². The van der Waals surface area contributed by atoms with Crippen molar-refractivity contribution in [3.8, 4) is 6.07 Å². The molecule has 1 saturated heterocycles. The number of ether oxygens (including phenoxy) is 1. The molecule has 0 amide bonds. The van der Waals surface area contributed by atoms with Crippen LogP contribution in [-0.4, -0.2) is 36.2 Å². The van der Waals surface area contributed by atoms with Gasteiger partial charge in [-0.25, -0.2) is 0 Å². The summed E-state index contributed by atoms with van der Waals surface area (Å²) in [5.41, 5.74) is 0.347. The van der Waals surface area contributed by atoms with E-state index in [1.54, 1.807) is 0 Å². The van der Waals surface area contributed by atoms with Gasteiger partial charge in [-0.15, -0.1) is 0 Å². The first kappa shape index (κ1) is 15.8. The fourth-order valence-electron chi connectivity index (χ4n) is 3.84. The Bertz CT molecular complexity index is 368. The summed E-state index contributed by atoms with van der Waals surface area (Å²) in [7, 11) is 0. The number of morpholine rings is 1.